The van der Waals surface area contributed by atoms with Crippen LogP contribution in [-0.2, 0) is 10.3 Å². The van der Waals surface area contributed by atoms with Gasteiger partial charge in [-0.2, -0.15) is 0 Å². The van der Waals surface area contributed by atoms with Gasteiger partial charge >= 0.3 is 5.97 Å². The summed E-state index contributed by atoms with van der Waals surface area (Å²) >= 11 is 0. The van der Waals surface area contributed by atoms with Crippen LogP contribution in [-0.4, -0.2) is 36.1 Å². The van der Waals surface area contributed by atoms with Crippen molar-refractivity contribution < 1.29 is 9.90 Å². The van der Waals surface area contributed by atoms with Crippen molar-refractivity contribution >= 4 is 5.97 Å². The lowest BCUT2D eigenvalue weighted by molar-refractivity contribution is -0.144. The lowest BCUT2D eigenvalue weighted by Gasteiger charge is -2.30. The first-order chi connectivity index (χ1) is 8.00. The van der Waals surface area contributed by atoms with Crippen LogP contribution >= 0.6 is 0 Å². The third-order valence-corrected chi connectivity index (χ3v) is 2.80. The predicted octanol–water partition coefficient (Wildman–Crippen LogP) is 1.27. The Labute approximate surface area is 102 Å². The van der Waals surface area contributed by atoms with E-state index in [1.165, 1.54) is 0 Å². The Morgan fingerprint density at radius 1 is 1.41 bits per heavy atom. The molecule has 0 bridgehead atoms. The Morgan fingerprint density at radius 3 is 2.47 bits per heavy atom. The third kappa shape index (κ3) is 3.28. The molecule has 1 unspecified atom stereocenters. The lowest BCUT2D eigenvalue weighted by atomic mass is 9.90. The van der Waals surface area contributed by atoms with Crippen molar-refractivity contribution in [3.8, 4) is 0 Å². The molecule has 17 heavy (non-hydrogen) atoms. The summed E-state index contributed by atoms with van der Waals surface area (Å²) in [7, 11) is 1.89. The van der Waals surface area contributed by atoms with Gasteiger partial charge in [0.25, 0.3) is 0 Å². The SMILES string of the molecule is CCCN(C)CC(N)(C(=O)O)c1ccccc1. The third-order valence-electron chi connectivity index (χ3n) is 2.80. The minimum atomic E-state index is -1.34. The summed E-state index contributed by atoms with van der Waals surface area (Å²) in [6, 6.07) is 8.97. The molecule has 0 saturated carbocycles. The first kappa shape index (κ1) is 13.7. The Bertz CT molecular complexity index is 367. The maximum absolute atomic E-state index is 11.4. The molecule has 0 radical (unpaired) electrons. The van der Waals surface area contributed by atoms with Gasteiger partial charge in [-0.15, -0.1) is 0 Å². The van der Waals surface area contributed by atoms with E-state index >= 15 is 0 Å². The molecule has 0 amide bonds. The molecule has 0 aliphatic carbocycles. The molecule has 0 aromatic heterocycles. The Morgan fingerprint density at radius 2 is 2.00 bits per heavy atom. The topological polar surface area (TPSA) is 66.6 Å². The number of carboxylic acid groups (broad SMARTS) is 1. The summed E-state index contributed by atoms with van der Waals surface area (Å²) in [5, 5.41) is 9.35. The van der Waals surface area contributed by atoms with Crippen molar-refractivity contribution in [2.45, 2.75) is 18.9 Å². The zero-order valence-corrected chi connectivity index (χ0v) is 10.4. The van der Waals surface area contributed by atoms with Crippen molar-refractivity contribution in [3.05, 3.63) is 35.9 Å². The average molecular weight is 236 g/mol. The van der Waals surface area contributed by atoms with Crippen molar-refractivity contribution in [2.75, 3.05) is 20.1 Å². The van der Waals surface area contributed by atoms with E-state index in [-0.39, 0.29) is 0 Å². The lowest BCUT2D eigenvalue weighted by Crippen LogP contribution is -2.52. The van der Waals surface area contributed by atoms with Gasteiger partial charge in [0.15, 0.2) is 5.54 Å². The molecule has 1 rings (SSSR count). The number of carboxylic acids is 1. The first-order valence-electron chi connectivity index (χ1n) is 5.77. The van der Waals surface area contributed by atoms with Crippen LogP contribution in [0.3, 0.4) is 0 Å². The van der Waals surface area contributed by atoms with Crippen molar-refractivity contribution in [1.82, 2.24) is 4.90 Å². The van der Waals surface area contributed by atoms with E-state index in [0.29, 0.717) is 12.1 Å². The summed E-state index contributed by atoms with van der Waals surface area (Å²) < 4.78 is 0. The Hall–Kier alpha value is -1.39. The quantitative estimate of drug-likeness (QED) is 0.780. The number of nitrogens with two attached hydrogens (primary N) is 1. The Balaban J connectivity index is 2.94. The maximum atomic E-state index is 11.4. The fraction of sp³-hybridized carbons (Fsp3) is 0.462. The summed E-state index contributed by atoms with van der Waals surface area (Å²) in [6.45, 7) is 3.19. The second-order valence-corrected chi connectivity index (χ2v) is 4.38. The summed E-state index contributed by atoms with van der Waals surface area (Å²) in [5.41, 5.74) is 5.34. The Kier molecular flexibility index (Phi) is 4.66. The van der Waals surface area contributed by atoms with E-state index in [1.807, 2.05) is 18.0 Å². The van der Waals surface area contributed by atoms with E-state index < -0.39 is 11.5 Å². The van der Waals surface area contributed by atoms with Crippen molar-refractivity contribution in [1.29, 1.82) is 0 Å². The summed E-state index contributed by atoms with van der Waals surface area (Å²) in [5.74, 6) is -0.994. The van der Waals surface area contributed by atoms with Gasteiger partial charge in [0.1, 0.15) is 0 Å². The van der Waals surface area contributed by atoms with Crippen molar-refractivity contribution in [3.63, 3.8) is 0 Å². The van der Waals surface area contributed by atoms with Gasteiger partial charge in [0.2, 0.25) is 0 Å². The largest absolute Gasteiger partial charge is 0.480 e. The molecule has 4 heteroatoms. The average Bonchev–Trinajstić information content (AvgIpc) is 2.30. The highest BCUT2D eigenvalue weighted by Crippen LogP contribution is 2.19. The number of likely N-dealkylation sites (N-methyl/N-ethyl adjacent to an activating group) is 1. The molecule has 0 saturated heterocycles. The smallest absolute Gasteiger partial charge is 0.329 e. The second kappa shape index (κ2) is 5.80. The highest BCUT2D eigenvalue weighted by atomic mass is 16.4. The number of rotatable bonds is 6. The maximum Gasteiger partial charge on any atom is 0.329 e. The number of carbonyl (C=O) groups is 1. The van der Waals surface area contributed by atoms with E-state index in [9.17, 15) is 9.90 Å². The summed E-state index contributed by atoms with van der Waals surface area (Å²) in [6.07, 6.45) is 0.973. The van der Waals surface area contributed by atoms with Gasteiger partial charge in [-0.05, 0) is 25.6 Å². The minimum absolute atomic E-state index is 0.306. The van der Waals surface area contributed by atoms with Gasteiger partial charge in [-0.25, -0.2) is 4.79 Å². The van der Waals surface area contributed by atoms with Crippen LogP contribution in [0.5, 0.6) is 0 Å². The van der Waals surface area contributed by atoms with E-state index in [0.717, 1.165) is 13.0 Å². The van der Waals surface area contributed by atoms with Gasteiger partial charge < -0.3 is 15.7 Å². The van der Waals surface area contributed by atoms with Gasteiger partial charge in [0.05, 0.1) is 0 Å². The molecule has 0 aliphatic rings. The number of benzene rings is 1. The van der Waals surface area contributed by atoms with Crippen LogP contribution < -0.4 is 5.73 Å². The zero-order chi connectivity index (χ0) is 12.9. The molecule has 4 nitrogen and oxygen atoms in total. The van der Waals surface area contributed by atoms with Gasteiger partial charge in [-0.1, -0.05) is 37.3 Å². The molecule has 1 atom stereocenters. The van der Waals surface area contributed by atoms with Crippen LogP contribution in [0.4, 0.5) is 0 Å². The van der Waals surface area contributed by atoms with E-state index in [2.05, 4.69) is 6.92 Å². The van der Waals surface area contributed by atoms with E-state index in [1.54, 1.807) is 24.3 Å². The normalized spacial score (nSPS) is 14.6. The van der Waals surface area contributed by atoms with Crippen LogP contribution in [0.15, 0.2) is 30.3 Å². The molecular formula is C13H20N2O2. The molecule has 0 fully saturated rings. The number of hydrogen-bond acceptors (Lipinski definition) is 3. The highest BCUT2D eigenvalue weighted by molar-refractivity contribution is 5.80. The molecule has 3 N–H and O–H groups in total. The molecule has 1 aromatic carbocycles. The van der Waals surface area contributed by atoms with E-state index in [4.69, 9.17) is 5.73 Å². The number of aliphatic carboxylic acids is 1. The fourth-order valence-corrected chi connectivity index (χ4v) is 1.90. The molecular weight excluding hydrogens is 216 g/mol. The van der Waals surface area contributed by atoms with Gasteiger partial charge in [0, 0.05) is 6.54 Å². The first-order valence-corrected chi connectivity index (χ1v) is 5.77. The zero-order valence-electron chi connectivity index (χ0n) is 10.4. The van der Waals surface area contributed by atoms with Crippen LogP contribution in [0.1, 0.15) is 18.9 Å². The summed E-state index contributed by atoms with van der Waals surface area (Å²) in [4.78, 5) is 13.4. The monoisotopic (exact) mass is 236 g/mol. The molecule has 1 aromatic rings. The predicted molar refractivity (Wildman–Crippen MR) is 67.7 cm³/mol. The molecule has 0 aliphatic heterocycles. The molecule has 0 spiro atoms. The molecule has 0 heterocycles. The van der Waals surface area contributed by atoms with Gasteiger partial charge in [-0.3, -0.25) is 0 Å². The van der Waals surface area contributed by atoms with Crippen LogP contribution in [0, 0.1) is 0 Å². The number of nitrogens with zero attached hydrogens (tertiary/aromatic N) is 1. The van der Waals surface area contributed by atoms with Crippen molar-refractivity contribution in [2.24, 2.45) is 5.73 Å². The minimum Gasteiger partial charge on any atom is -0.480 e. The van der Waals surface area contributed by atoms with Crippen LogP contribution in [0.25, 0.3) is 0 Å². The molecule has 94 valence electrons. The van der Waals surface area contributed by atoms with Crippen LogP contribution in [0.2, 0.25) is 0 Å². The number of hydrogen-bond donors (Lipinski definition) is 2. The highest BCUT2D eigenvalue weighted by Gasteiger charge is 2.36. The fourth-order valence-electron chi connectivity index (χ4n) is 1.90. The second-order valence-electron chi connectivity index (χ2n) is 4.38. The standard InChI is InChI=1S/C13H20N2O2/c1-3-9-15(2)10-13(14,12(16)17)11-7-5-4-6-8-11/h4-8H,3,9-10,14H2,1-2H3,(H,16,17).